The summed E-state index contributed by atoms with van der Waals surface area (Å²) in [7, 11) is 0. The van der Waals surface area contributed by atoms with E-state index in [1.54, 1.807) is 6.92 Å². The summed E-state index contributed by atoms with van der Waals surface area (Å²) in [5.74, 6) is 1.70. The number of Topliss-reactive ketones (excluding diaryl/α,β-unsaturated/α-hetero) is 1. The average molecular weight is 361 g/mol. The molecule has 0 saturated heterocycles. The SMILES string of the molecule is CC(=O)C1CCC2C3CC=C4CC(O)CC([N+](=O)[O-])C4(C)C3CCC12C. The highest BCUT2D eigenvalue weighted by molar-refractivity contribution is 5.79. The van der Waals surface area contributed by atoms with Crippen LogP contribution in [0, 0.1) is 44.6 Å². The number of allylic oxidation sites excluding steroid dienone is 1. The Hall–Kier alpha value is -1.23. The lowest BCUT2D eigenvalue weighted by Crippen LogP contribution is -2.57. The molecule has 5 nitrogen and oxygen atoms in total. The Morgan fingerprint density at radius 2 is 2.00 bits per heavy atom. The van der Waals surface area contributed by atoms with Crippen LogP contribution in [-0.4, -0.2) is 28.0 Å². The second-order valence-electron chi connectivity index (χ2n) is 9.80. The van der Waals surface area contributed by atoms with Crippen molar-refractivity contribution < 1.29 is 14.8 Å². The van der Waals surface area contributed by atoms with Gasteiger partial charge in [0.25, 0.3) is 0 Å². The molecular formula is C21H31NO4. The third kappa shape index (κ3) is 2.28. The number of aliphatic hydroxyl groups is 1. The van der Waals surface area contributed by atoms with Gasteiger partial charge in [0.15, 0.2) is 0 Å². The van der Waals surface area contributed by atoms with Gasteiger partial charge in [0.05, 0.1) is 11.5 Å². The monoisotopic (exact) mass is 361 g/mol. The van der Waals surface area contributed by atoms with Crippen LogP contribution in [0.1, 0.15) is 65.7 Å². The number of carbonyl (C=O) groups excluding carboxylic acids is 1. The molecule has 144 valence electrons. The molecule has 4 rings (SSSR count). The van der Waals surface area contributed by atoms with Crippen molar-refractivity contribution in [3.8, 4) is 0 Å². The summed E-state index contributed by atoms with van der Waals surface area (Å²) in [5.41, 5.74) is 0.734. The number of carbonyl (C=O) groups is 1. The maximum atomic E-state index is 12.2. The largest absolute Gasteiger partial charge is 0.393 e. The van der Waals surface area contributed by atoms with Gasteiger partial charge in [0, 0.05) is 17.3 Å². The predicted octanol–water partition coefficient (Wildman–Crippen LogP) is 3.77. The highest BCUT2D eigenvalue weighted by Crippen LogP contribution is 2.66. The number of hydrogen-bond donors (Lipinski definition) is 1. The summed E-state index contributed by atoms with van der Waals surface area (Å²) in [6.45, 7) is 6.12. The molecule has 8 unspecified atom stereocenters. The van der Waals surface area contributed by atoms with E-state index in [0.717, 1.165) is 37.7 Å². The minimum absolute atomic E-state index is 0.0625. The number of nitrogens with zero attached hydrogens (tertiary/aromatic N) is 1. The van der Waals surface area contributed by atoms with Gasteiger partial charge in [-0.05, 0) is 75.5 Å². The molecule has 0 aliphatic heterocycles. The molecule has 4 aliphatic carbocycles. The van der Waals surface area contributed by atoms with Crippen molar-refractivity contribution in [2.75, 3.05) is 0 Å². The Morgan fingerprint density at radius 1 is 1.27 bits per heavy atom. The van der Waals surface area contributed by atoms with Crippen LogP contribution in [-0.2, 0) is 4.79 Å². The molecular weight excluding hydrogens is 330 g/mol. The average Bonchev–Trinajstić information content (AvgIpc) is 2.92. The Balaban J connectivity index is 1.72. The Labute approximate surface area is 155 Å². The number of hydrogen-bond acceptors (Lipinski definition) is 4. The van der Waals surface area contributed by atoms with Crippen molar-refractivity contribution in [3.05, 3.63) is 21.8 Å². The molecule has 4 aliphatic rings. The van der Waals surface area contributed by atoms with E-state index in [1.165, 1.54) is 0 Å². The zero-order chi connectivity index (χ0) is 18.9. The van der Waals surface area contributed by atoms with Gasteiger partial charge >= 0.3 is 0 Å². The summed E-state index contributed by atoms with van der Waals surface area (Å²) < 4.78 is 0. The van der Waals surface area contributed by atoms with E-state index in [2.05, 4.69) is 19.9 Å². The molecule has 0 heterocycles. The van der Waals surface area contributed by atoms with E-state index in [-0.39, 0.29) is 22.7 Å². The summed E-state index contributed by atoms with van der Waals surface area (Å²) in [5, 5.41) is 22.1. The smallest absolute Gasteiger partial charge is 0.224 e. The molecule has 3 saturated carbocycles. The second kappa shape index (κ2) is 5.88. The molecule has 3 fully saturated rings. The molecule has 1 N–H and O–H groups in total. The molecule has 0 spiro atoms. The fourth-order valence-corrected chi connectivity index (χ4v) is 7.67. The highest BCUT2D eigenvalue weighted by atomic mass is 16.6. The van der Waals surface area contributed by atoms with E-state index in [9.17, 15) is 20.0 Å². The number of aliphatic hydroxyl groups excluding tert-OH is 1. The van der Waals surface area contributed by atoms with Crippen LogP contribution < -0.4 is 0 Å². The van der Waals surface area contributed by atoms with Gasteiger partial charge in [-0.1, -0.05) is 18.6 Å². The van der Waals surface area contributed by atoms with Crippen molar-refractivity contribution in [1.29, 1.82) is 0 Å². The number of fused-ring (bicyclic) bond motifs is 5. The Bertz CT molecular complexity index is 673. The lowest BCUT2D eigenvalue weighted by atomic mass is 9.46. The molecule has 0 aromatic rings. The maximum absolute atomic E-state index is 12.2. The van der Waals surface area contributed by atoms with E-state index >= 15 is 0 Å². The molecule has 0 radical (unpaired) electrons. The summed E-state index contributed by atoms with van der Waals surface area (Å²) in [6, 6.07) is -0.695. The highest BCUT2D eigenvalue weighted by Gasteiger charge is 2.63. The maximum Gasteiger partial charge on any atom is 0.224 e. The van der Waals surface area contributed by atoms with Crippen LogP contribution in [0.3, 0.4) is 0 Å². The van der Waals surface area contributed by atoms with Crippen molar-refractivity contribution in [2.45, 2.75) is 77.9 Å². The minimum atomic E-state index is -0.695. The Kier molecular flexibility index (Phi) is 4.11. The molecule has 0 amide bonds. The quantitative estimate of drug-likeness (QED) is 0.461. The van der Waals surface area contributed by atoms with Gasteiger partial charge in [0.2, 0.25) is 6.04 Å². The second-order valence-corrected chi connectivity index (χ2v) is 9.80. The van der Waals surface area contributed by atoms with Crippen LogP contribution in [0.15, 0.2) is 11.6 Å². The van der Waals surface area contributed by atoms with Gasteiger partial charge in [-0.3, -0.25) is 14.9 Å². The van der Waals surface area contributed by atoms with Gasteiger partial charge in [-0.25, -0.2) is 0 Å². The van der Waals surface area contributed by atoms with Crippen molar-refractivity contribution in [3.63, 3.8) is 0 Å². The normalized spacial score (nSPS) is 50.2. The van der Waals surface area contributed by atoms with E-state index in [1.807, 2.05) is 0 Å². The standard InChI is InChI=1S/C21H31NO4/c1-12(23)16-6-7-17-15-5-4-13-10-14(24)11-19(22(25)26)21(13,3)18(15)8-9-20(16,17)2/h4,14-19,24H,5-11H2,1-3H3. The van der Waals surface area contributed by atoms with Crippen molar-refractivity contribution in [2.24, 2.45) is 34.5 Å². The first-order valence-electron chi connectivity index (χ1n) is 10.2. The molecule has 0 aromatic heterocycles. The minimum Gasteiger partial charge on any atom is -0.393 e. The zero-order valence-corrected chi connectivity index (χ0v) is 16.1. The van der Waals surface area contributed by atoms with Crippen LogP contribution in [0.5, 0.6) is 0 Å². The lowest BCUT2D eigenvalue weighted by molar-refractivity contribution is -0.548. The van der Waals surface area contributed by atoms with E-state index in [0.29, 0.717) is 30.0 Å². The van der Waals surface area contributed by atoms with Gasteiger partial charge < -0.3 is 5.11 Å². The first-order chi connectivity index (χ1) is 12.2. The fourth-order valence-electron chi connectivity index (χ4n) is 7.67. The molecule has 0 bridgehead atoms. The third-order valence-electron chi connectivity index (χ3n) is 8.92. The summed E-state index contributed by atoms with van der Waals surface area (Å²) in [4.78, 5) is 24.0. The summed E-state index contributed by atoms with van der Waals surface area (Å²) in [6.07, 6.45) is 7.45. The van der Waals surface area contributed by atoms with E-state index < -0.39 is 17.6 Å². The predicted molar refractivity (Wildman–Crippen MR) is 98.0 cm³/mol. The number of rotatable bonds is 2. The molecule has 5 heteroatoms. The Morgan fingerprint density at radius 3 is 2.65 bits per heavy atom. The first kappa shape index (κ1) is 18.1. The number of nitro groups is 1. The van der Waals surface area contributed by atoms with Gasteiger partial charge in [-0.2, -0.15) is 0 Å². The third-order valence-corrected chi connectivity index (χ3v) is 8.92. The molecule has 8 atom stereocenters. The van der Waals surface area contributed by atoms with Gasteiger partial charge in [-0.15, -0.1) is 0 Å². The summed E-state index contributed by atoms with van der Waals surface area (Å²) >= 11 is 0. The topological polar surface area (TPSA) is 80.4 Å². The molecule has 0 aromatic carbocycles. The van der Waals surface area contributed by atoms with Crippen LogP contribution in [0.2, 0.25) is 0 Å². The first-order valence-corrected chi connectivity index (χ1v) is 10.2. The van der Waals surface area contributed by atoms with Crippen LogP contribution in [0.4, 0.5) is 0 Å². The van der Waals surface area contributed by atoms with Crippen LogP contribution in [0.25, 0.3) is 0 Å². The van der Waals surface area contributed by atoms with Crippen molar-refractivity contribution >= 4 is 5.78 Å². The van der Waals surface area contributed by atoms with Crippen LogP contribution >= 0.6 is 0 Å². The molecule has 26 heavy (non-hydrogen) atoms. The lowest BCUT2D eigenvalue weighted by Gasteiger charge is -2.57. The fraction of sp³-hybridized carbons (Fsp3) is 0.857. The number of ketones is 1. The van der Waals surface area contributed by atoms with Gasteiger partial charge in [0.1, 0.15) is 5.78 Å². The zero-order valence-electron chi connectivity index (χ0n) is 16.1. The van der Waals surface area contributed by atoms with E-state index in [4.69, 9.17) is 0 Å². The van der Waals surface area contributed by atoms with Crippen molar-refractivity contribution in [1.82, 2.24) is 0 Å².